The van der Waals surface area contributed by atoms with Crippen LogP contribution in [-0.2, 0) is 17.8 Å². The average Bonchev–Trinajstić information content (AvgIpc) is 2.64. The molecule has 0 bridgehead atoms. The van der Waals surface area contributed by atoms with Gasteiger partial charge in [-0.2, -0.15) is 4.57 Å². The zero-order chi connectivity index (χ0) is 18.8. The van der Waals surface area contributed by atoms with Crippen molar-refractivity contribution in [2.75, 3.05) is 19.6 Å². The molecule has 0 fully saturated rings. The quantitative estimate of drug-likeness (QED) is 0.451. The Morgan fingerprint density at radius 2 is 1.85 bits per heavy atom. The number of nitrogens with zero attached hydrogens (tertiary/aromatic N) is 1. The highest BCUT2D eigenvalue weighted by Crippen LogP contribution is 2.03. The van der Waals surface area contributed by atoms with E-state index in [9.17, 15) is 14.0 Å². The van der Waals surface area contributed by atoms with E-state index in [1.165, 1.54) is 12.1 Å². The molecule has 0 radical (unpaired) electrons. The van der Waals surface area contributed by atoms with Gasteiger partial charge in [-0.1, -0.05) is 12.1 Å². The number of hydrogen-bond acceptors (Lipinski definition) is 3. The molecule has 0 aliphatic carbocycles. The van der Waals surface area contributed by atoms with Gasteiger partial charge in [0.05, 0.1) is 0 Å². The van der Waals surface area contributed by atoms with E-state index in [1.54, 1.807) is 41.2 Å². The van der Waals surface area contributed by atoms with Crippen molar-refractivity contribution in [2.45, 2.75) is 19.4 Å². The van der Waals surface area contributed by atoms with E-state index in [1.807, 2.05) is 0 Å². The highest BCUT2D eigenvalue weighted by Gasteiger charge is 2.13. The van der Waals surface area contributed by atoms with E-state index < -0.39 is 0 Å². The predicted octanol–water partition coefficient (Wildman–Crippen LogP) is 0.551. The number of amides is 2. The fraction of sp³-hybridized carbons (Fsp3) is 0.316. The summed E-state index contributed by atoms with van der Waals surface area (Å²) in [7, 11) is 0. The molecule has 0 saturated heterocycles. The molecule has 1 aromatic heterocycles. The number of hydrogen-bond donors (Lipinski definition) is 3. The molecule has 26 heavy (non-hydrogen) atoms. The topological polar surface area (TPSA) is 88.1 Å². The summed E-state index contributed by atoms with van der Waals surface area (Å²) >= 11 is 0. The minimum absolute atomic E-state index is 0.127. The Hall–Kier alpha value is -2.80. The number of halogens is 1. The van der Waals surface area contributed by atoms with Gasteiger partial charge in [0.2, 0.25) is 6.54 Å². The number of pyridine rings is 1. The van der Waals surface area contributed by atoms with Crippen LogP contribution in [0.1, 0.15) is 22.3 Å². The zero-order valence-electron chi connectivity index (χ0n) is 14.6. The zero-order valence-corrected chi connectivity index (χ0v) is 14.6. The second kappa shape index (κ2) is 10.2. The van der Waals surface area contributed by atoms with E-state index >= 15 is 0 Å². The maximum atomic E-state index is 12.9. The van der Waals surface area contributed by atoms with Gasteiger partial charge in [-0.3, -0.25) is 9.59 Å². The lowest BCUT2D eigenvalue weighted by Crippen LogP contribution is -2.43. The molecule has 138 valence electrons. The maximum Gasteiger partial charge on any atom is 0.285 e. The van der Waals surface area contributed by atoms with Gasteiger partial charge in [0.1, 0.15) is 11.4 Å². The summed E-state index contributed by atoms with van der Waals surface area (Å²) in [5.41, 5.74) is 6.81. The van der Waals surface area contributed by atoms with Gasteiger partial charge < -0.3 is 16.4 Å². The molecule has 2 aromatic rings. The van der Waals surface area contributed by atoms with Gasteiger partial charge in [0.25, 0.3) is 11.8 Å². The molecule has 0 aliphatic heterocycles. The summed E-state index contributed by atoms with van der Waals surface area (Å²) in [4.78, 5) is 24.1. The number of nitrogens with one attached hydrogen (secondary N) is 2. The number of nitrogens with two attached hydrogens (primary N) is 1. The minimum Gasteiger partial charge on any atom is -0.352 e. The highest BCUT2D eigenvalue weighted by atomic mass is 19.1. The molecule has 0 atom stereocenters. The first-order valence-corrected chi connectivity index (χ1v) is 8.57. The standard InChI is InChI=1S/C19H23FN4O2/c20-17-6-4-15(5-7-17)8-11-23-19(26)16-3-1-12-24(13-16)14-18(25)22-10-2-9-21/h1,3-7,12-13H,2,8-11,14,21H2,(H-,22,23,25,26)/p+1. The first-order valence-electron chi connectivity index (χ1n) is 8.57. The Morgan fingerprint density at radius 1 is 1.08 bits per heavy atom. The number of rotatable bonds is 9. The van der Waals surface area contributed by atoms with Crippen molar-refractivity contribution in [2.24, 2.45) is 5.73 Å². The molecule has 1 heterocycles. The summed E-state index contributed by atoms with van der Waals surface area (Å²) < 4.78 is 14.5. The molecule has 4 N–H and O–H groups in total. The molecule has 2 rings (SSSR count). The van der Waals surface area contributed by atoms with Gasteiger partial charge in [0.15, 0.2) is 12.4 Å². The van der Waals surface area contributed by atoms with Gasteiger partial charge in [-0.25, -0.2) is 4.39 Å². The third-order valence-corrected chi connectivity index (χ3v) is 3.76. The van der Waals surface area contributed by atoms with Crippen molar-refractivity contribution in [3.8, 4) is 0 Å². The number of aromatic nitrogens is 1. The first kappa shape index (κ1) is 19.5. The van der Waals surface area contributed by atoms with E-state index in [0.717, 1.165) is 12.0 Å². The van der Waals surface area contributed by atoms with E-state index in [-0.39, 0.29) is 24.2 Å². The van der Waals surface area contributed by atoms with Crippen LogP contribution in [0.2, 0.25) is 0 Å². The van der Waals surface area contributed by atoms with Crippen LogP contribution in [0, 0.1) is 5.82 Å². The normalized spacial score (nSPS) is 10.4. The molecule has 6 nitrogen and oxygen atoms in total. The van der Waals surface area contributed by atoms with Crippen LogP contribution < -0.4 is 20.9 Å². The van der Waals surface area contributed by atoms with E-state index in [4.69, 9.17) is 5.73 Å². The Kier molecular flexibility index (Phi) is 7.70. The molecule has 1 aromatic carbocycles. The first-order chi connectivity index (χ1) is 12.6. The molecule has 0 unspecified atom stereocenters. The summed E-state index contributed by atoms with van der Waals surface area (Å²) in [6.07, 6.45) is 4.71. The Balaban J connectivity index is 1.83. The van der Waals surface area contributed by atoms with E-state index in [2.05, 4.69) is 10.6 Å². The molecule has 2 amide bonds. The van der Waals surface area contributed by atoms with Crippen molar-refractivity contribution >= 4 is 11.8 Å². The smallest absolute Gasteiger partial charge is 0.285 e. The molecule has 0 saturated carbocycles. The maximum absolute atomic E-state index is 12.9. The molecule has 0 aliphatic rings. The van der Waals surface area contributed by atoms with Gasteiger partial charge in [0, 0.05) is 19.2 Å². The fourth-order valence-electron chi connectivity index (χ4n) is 2.38. The van der Waals surface area contributed by atoms with Crippen molar-refractivity contribution in [1.29, 1.82) is 0 Å². The van der Waals surface area contributed by atoms with Crippen molar-refractivity contribution in [3.05, 3.63) is 65.7 Å². The lowest BCUT2D eigenvalue weighted by molar-refractivity contribution is -0.684. The Morgan fingerprint density at radius 3 is 2.58 bits per heavy atom. The van der Waals surface area contributed by atoms with Gasteiger partial charge in [-0.05, 0) is 43.1 Å². The summed E-state index contributed by atoms with van der Waals surface area (Å²) in [6, 6.07) is 9.60. The predicted molar refractivity (Wildman–Crippen MR) is 95.8 cm³/mol. The Labute approximate surface area is 152 Å². The highest BCUT2D eigenvalue weighted by molar-refractivity contribution is 5.93. The number of carbonyl (C=O) groups is 2. The third-order valence-electron chi connectivity index (χ3n) is 3.76. The third kappa shape index (κ3) is 6.60. The fourth-order valence-corrected chi connectivity index (χ4v) is 2.38. The summed E-state index contributed by atoms with van der Waals surface area (Å²) in [5.74, 6) is -0.624. The average molecular weight is 359 g/mol. The lowest BCUT2D eigenvalue weighted by Gasteiger charge is -2.05. The molecular formula is C19H24FN4O2+. The number of carbonyl (C=O) groups excluding carboxylic acids is 2. The van der Waals surface area contributed by atoms with Gasteiger partial charge in [-0.15, -0.1) is 0 Å². The largest absolute Gasteiger partial charge is 0.352 e. The lowest BCUT2D eigenvalue weighted by atomic mass is 10.1. The SMILES string of the molecule is NCCCNC(=O)C[n+]1cccc(C(=O)NCCc2ccc(F)cc2)c1. The van der Waals surface area contributed by atoms with Crippen LogP contribution in [0.5, 0.6) is 0 Å². The van der Waals surface area contributed by atoms with Crippen LogP contribution in [0.15, 0.2) is 48.8 Å². The van der Waals surface area contributed by atoms with E-state index in [0.29, 0.717) is 31.6 Å². The minimum atomic E-state index is -0.279. The molecule has 0 spiro atoms. The second-order valence-electron chi connectivity index (χ2n) is 5.89. The van der Waals surface area contributed by atoms with Crippen molar-refractivity contribution < 1.29 is 18.5 Å². The molecular weight excluding hydrogens is 335 g/mol. The van der Waals surface area contributed by atoms with Crippen LogP contribution >= 0.6 is 0 Å². The van der Waals surface area contributed by atoms with Crippen LogP contribution in [-0.4, -0.2) is 31.4 Å². The summed E-state index contributed by atoms with van der Waals surface area (Å²) in [5, 5.41) is 5.59. The second-order valence-corrected chi connectivity index (χ2v) is 5.89. The van der Waals surface area contributed by atoms with Crippen molar-refractivity contribution in [3.63, 3.8) is 0 Å². The molecule has 7 heteroatoms. The van der Waals surface area contributed by atoms with Crippen LogP contribution in [0.3, 0.4) is 0 Å². The summed E-state index contributed by atoms with van der Waals surface area (Å²) in [6.45, 7) is 1.65. The Bertz CT molecular complexity index is 735. The van der Waals surface area contributed by atoms with Gasteiger partial charge >= 0.3 is 0 Å². The number of benzene rings is 1. The van der Waals surface area contributed by atoms with Crippen LogP contribution in [0.4, 0.5) is 4.39 Å². The van der Waals surface area contributed by atoms with Crippen LogP contribution in [0.25, 0.3) is 0 Å². The monoisotopic (exact) mass is 359 g/mol. The van der Waals surface area contributed by atoms with Crippen molar-refractivity contribution in [1.82, 2.24) is 10.6 Å².